The number of ether oxygens (including phenoxy) is 1. The predicted octanol–water partition coefficient (Wildman–Crippen LogP) is 4.43. The van der Waals surface area contributed by atoms with Gasteiger partial charge in [0.05, 0.1) is 6.07 Å². The molecule has 0 heterocycles. The van der Waals surface area contributed by atoms with Crippen molar-refractivity contribution >= 4 is 0 Å². The zero-order chi connectivity index (χ0) is 15.1. The molecule has 0 radical (unpaired) electrons. The molecule has 0 amide bonds. The molecule has 0 bridgehead atoms. The van der Waals surface area contributed by atoms with Crippen LogP contribution in [0.3, 0.4) is 0 Å². The van der Waals surface area contributed by atoms with Gasteiger partial charge >= 0.3 is 0 Å². The van der Waals surface area contributed by atoms with Crippen molar-refractivity contribution in [2.24, 2.45) is 0 Å². The van der Waals surface area contributed by atoms with Crippen molar-refractivity contribution in [1.82, 2.24) is 5.32 Å². The minimum absolute atomic E-state index is 0.347. The van der Waals surface area contributed by atoms with Crippen molar-refractivity contribution in [1.29, 1.82) is 5.26 Å². The normalized spacial score (nSPS) is 13.9. The molecule has 1 unspecified atom stereocenters. The fourth-order valence-electron chi connectivity index (χ4n) is 2.31. The SMILES string of the molecule is CCCCCCCOCCCC(C#N)(CC)NCCC. The Kier molecular flexibility index (Phi) is 13.0. The lowest BCUT2D eigenvalue weighted by Crippen LogP contribution is -2.44. The van der Waals surface area contributed by atoms with Crippen LogP contribution in [0.5, 0.6) is 0 Å². The number of hydrogen-bond acceptors (Lipinski definition) is 3. The molecule has 0 fully saturated rings. The fourth-order valence-corrected chi connectivity index (χ4v) is 2.31. The second-order valence-electron chi connectivity index (χ2n) is 5.60. The molecule has 0 aromatic rings. The fraction of sp³-hybridized carbons (Fsp3) is 0.941. The van der Waals surface area contributed by atoms with Gasteiger partial charge in [0.15, 0.2) is 0 Å². The van der Waals surface area contributed by atoms with Crippen LogP contribution in [0.15, 0.2) is 0 Å². The van der Waals surface area contributed by atoms with Crippen molar-refractivity contribution in [3.63, 3.8) is 0 Å². The van der Waals surface area contributed by atoms with Gasteiger partial charge in [-0.2, -0.15) is 5.26 Å². The highest BCUT2D eigenvalue weighted by Gasteiger charge is 2.25. The molecule has 0 saturated carbocycles. The molecule has 3 heteroatoms. The van der Waals surface area contributed by atoms with E-state index in [1.165, 1.54) is 32.1 Å². The predicted molar refractivity (Wildman–Crippen MR) is 85.7 cm³/mol. The summed E-state index contributed by atoms with van der Waals surface area (Å²) in [7, 11) is 0. The second kappa shape index (κ2) is 13.4. The zero-order valence-corrected chi connectivity index (χ0v) is 13.8. The third kappa shape index (κ3) is 9.34. The number of nitrogens with one attached hydrogen (secondary N) is 1. The third-order valence-electron chi connectivity index (χ3n) is 3.82. The van der Waals surface area contributed by atoms with Gasteiger partial charge in [0.2, 0.25) is 0 Å². The van der Waals surface area contributed by atoms with Gasteiger partial charge in [0.25, 0.3) is 0 Å². The van der Waals surface area contributed by atoms with Gasteiger partial charge in [0.1, 0.15) is 5.54 Å². The van der Waals surface area contributed by atoms with Crippen LogP contribution in [0.1, 0.15) is 78.6 Å². The maximum Gasteiger partial charge on any atom is 0.106 e. The molecular weight excluding hydrogens is 248 g/mol. The van der Waals surface area contributed by atoms with Crippen molar-refractivity contribution in [3.8, 4) is 6.07 Å². The quantitative estimate of drug-likeness (QED) is 0.479. The Morgan fingerprint density at radius 2 is 1.65 bits per heavy atom. The molecule has 20 heavy (non-hydrogen) atoms. The highest BCUT2D eigenvalue weighted by atomic mass is 16.5. The summed E-state index contributed by atoms with van der Waals surface area (Å²) in [5.41, 5.74) is -0.347. The van der Waals surface area contributed by atoms with Crippen LogP contribution >= 0.6 is 0 Å². The van der Waals surface area contributed by atoms with Crippen LogP contribution in [0.4, 0.5) is 0 Å². The van der Waals surface area contributed by atoms with Gasteiger partial charge in [-0.3, -0.25) is 5.32 Å². The standard InChI is InChI=1S/C17H34N2O/c1-4-7-8-9-10-14-20-15-11-12-17(6-3,16-18)19-13-5-2/h19H,4-15H2,1-3H3. The minimum atomic E-state index is -0.347. The highest BCUT2D eigenvalue weighted by molar-refractivity contribution is 5.06. The van der Waals surface area contributed by atoms with E-state index in [0.29, 0.717) is 0 Å². The molecule has 0 aliphatic rings. The monoisotopic (exact) mass is 282 g/mol. The van der Waals surface area contributed by atoms with Gasteiger partial charge in [-0.15, -0.1) is 0 Å². The van der Waals surface area contributed by atoms with Crippen LogP contribution in [0.2, 0.25) is 0 Å². The Labute approximate surface area is 126 Å². The van der Waals surface area contributed by atoms with E-state index < -0.39 is 0 Å². The van der Waals surface area contributed by atoms with Gasteiger partial charge in [-0.25, -0.2) is 0 Å². The lowest BCUT2D eigenvalue weighted by atomic mass is 9.92. The Morgan fingerprint density at radius 3 is 2.25 bits per heavy atom. The number of rotatable bonds is 14. The summed E-state index contributed by atoms with van der Waals surface area (Å²) in [6.07, 6.45) is 10.2. The van der Waals surface area contributed by atoms with Crippen molar-refractivity contribution in [2.45, 2.75) is 84.1 Å². The maximum atomic E-state index is 9.37. The van der Waals surface area contributed by atoms with Gasteiger partial charge in [-0.1, -0.05) is 46.5 Å². The van der Waals surface area contributed by atoms with E-state index in [2.05, 4.69) is 32.2 Å². The van der Waals surface area contributed by atoms with E-state index in [4.69, 9.17) is 4.74 Å². The van der Waals surface area contributed by atoms with Gasteiger partial charge in [0, 0.05) is 13.2 Å². The Morgan fingerprint density at radius 1 is 0.950 bits per heavy atom. The van der Waals surface area contributed by atoms with Gasteiger partial charge in [-0.05, 0) is 38.6 Å². The molecule has 0 saturated heterocycles. The zero-order valence-electron chi connectivity index (χ0n) is 13.8. The lowest BCUT2D eigenvalue weighted by molar-refractivity contribution is 0.121. The summed E-state index contributed by atoms with van der Waals surface area (Å²) in [5, 5.41) is 12.8. The average molecular weight is 282 g/mol. The molecule has 0 aromatic carbocycles. The van der Waals surface area contributed by atoms with E-state index in [-0.39, 0.29) is 5.54 Å². The minimum Gasteiger partial charge on any atom is -0.381 e. The summed E-state index contributed by atoms with van der Waals surface area (Å²) in [6, 6.07) is 2.46. The van der Waals surface area contributed by atoms with Crippen LogP contribution < -0.4 is 5.32 Å². The van der Waals surface area contributed by atoms with Crippen molar-refractivity contribution in [2.75, 3.05) is 19.8 Å². The van der Waals surface area contributed by atoms with Crippen LogP contribution in [0.25, 0.3) is 0 Å². The second-order valence-corrected chi connectivity index (χ2v) is 5.60. The largest absolute Gasteiger partial charge is 0.381 e. The molecule has 0 aliphatic carbocycles. The molecule has 0 rings (SSSR count). The molecular formula is C17H34N2O. The molecule has 1 N–H and O–H groups in total. The number of hydrogen-bond donors (Lipinski definition) is 1. The summed E-state index contributed by atoms with van der Waals surface area (Å²) in [6.45, 7) is 9.02. The van der Waals surface area contributed by atoms with Crippen LogP contribution in [-0.4, -0.2) is 25.3 Å². The summed E-state index contributed by atoms with van der Waals surface area (Å²) < 4.78 is 5.67. The first-order valence-corrected chi connectivity index (χ1v) is 8.48. The van der Waals surface area contributed by atoms with E-state index in [9.17, 15) is 5.26 Å². The van der Waals surface area contributed by atoms with Crippen LogP contribution in [0, 0.1) is 11.3 Å². The van der Waals surface area contributed by atoms with Crippen molar-refractivity contribution < 1.29 is 4.74 Å². The molecule has 118 valence electrons. The third-order valence-corrected chi connectivity index (χ3v) is 3.82. The Balaban J connectivity index is 3.62. The van der Waals surface area contributed by atoms with Gasteiger partial charge < -0.3 is 4.74 Å². The van der Waals surface area contributed by atoms with Crippen molar-refractivity contribution in [3.05, 3.63) is 0 Å². The molecule has 0 spiro atoms. The lowest BCUT2D eigenvalue weighted by Gasteiger charge is -2.26. The summed E-state index contributed by atoms with van der Waals surface area (Å²) >= 11 is 0. The Bertz CT molecular complexity index is 250. The number of nitriles is 1. The highest BCUT2D eigenvalue weighted by Crippen LogP contribution is 2.16. The molecule has 0 aliphatic heterocycles. The molecule has 0 aromatic heterocycles. The van der Waals surface area contributed by atoms with E-state index in [1.807, 2.05) is 0 Å². The number of nitrogens with zero attached hydrogens (tertiary/aromatic N) is 1. The van der Waals surface area contributed by atoms with Crippen LogP contribution in [-0.2, 0) is 4.74 Å². The topological polar surface area (TPSA) is 45.0 Å². The molecule has 1 atom stereocenters. The average Bonchev–Trinajstić information content (AvgIpc) is 2.49. The summed E-state index contributed by atoms with van der Waals surface area (Å²) in [5.74, 6) is 0. The first-order chi connectivity index (χ1) is 9.74. The van der Waals surface area contributed by atoms with E-state index in [1.54, 1.807) is 0 Å². The maximum absolute atomic E-state index is 9.37. The number of unbranched alkanes of at least 4 members (excludes halogenated alkanes) is 4. The first-order valence-electron chi connectivity index (χ1n) is 8.48. The van der Waals surface area contributed by atoms with E-state index >= 15 is 0 Å². The first kappa shape index (κ1) is 19.4. The molecule has 3 nitrogen and oxygen atoms in total. The smallest absolute Gasteiger partial charge is 0.106 e. The summed E-state index contributed by atoms with van der Waals surface area (Å²) in [4.78, 5) is 0. The van der Waals surface area contributed by atoms with E-state index in [0.717, 1.165) is 45.4 Å². The Hall–Kier alpha value is -0.590.